The number of carbonyl (C=O) groups excluding carboxylic acids is 1. The van der Waals surface area contributed by atoms with Gasteiger partial charge in [-0.15, -0.1) is 0 Å². The Morgan fingerprint density at radius 3 is 2.86 bits per heavy atom. The average molecular weight is 186 g/mol. The summed E-state index contributed by atoms with van der Waals surface area (Å²) in [5.74, 6) is 0. The Morgan fingerprint density at radius 1 is 1.36 bits per heavy atom. The minimum atomic E-state index is 0.651. The fourth-order valence-electron chi connectivity index (χ4n) is 1.58. The number of aromatic nitrogens is 1. The fourth-order valence-corrected chi connectivity index (χ4v) is 1.58. The lowest BCUT2D eigenvalue weighted by atomic mass is 10.1. The largest absolute Gasteiger partial charge is 0.359 e. The van der Waals surface area contributed by atoms with Crippen molar-refractivity contribution in [1.82, 2.24) is 4.98 Å². The zero-order valence-corrected chi connectivity index (χ0v) is 8.09. The van der Waals surface area contributed by atoms with Crippen molar-refractivity contribution in [2.75, 3.05) is 0 Å². The summed E-state index contributed by atoms with van der Waals surface area (Å²) in [7, 11) is 0. The van der Waals surface area contributed by atoms with E-state index in [-0.39, 0.29) is 0 Å². The number of aryl methyl sites for hydroxylation is 2. The number of nitrogens with one attached hydrogen (secondary N) is 1. The summed E-state index contributed by atoms with van der Waals surface area (Å²) in [5.41, 5.74) is 4.10. The van der Waals surface area contributed by atoms with Gasteiger partial charge < -0.3 is 4.98 Å². The van der Waals surface area contributed by atoms with Gasteiger partial charge in [-0.3, -0.25) is 0 Å². The Labute approximate surface area is 81.5 Å². The lowest BCUT2D eigenvalue weighted by Gasteiger charge is -2.00. The maximum absolute atomic E-state index is 10.2. The van der Waals surface area contributed by atoms with Crippen molar-refractivity contribution in [3.63, 3.8) is 0 Å². The fraction of sp³-hybridized carbons (Fsp3) is 0.182. The monoisotopic (exact) mass is 186 g/mol. The first kappa shape index (κ1) is 8.73. The molecule has 0 aliphatic rings. The van der Waals surface area contributed by atoms with Crippen molar-refractivity contribution in [3.8, 4) is 0 Å². The maximum atomic E-state index is 10.2. The van der Waals surface area contributed by atoms with Crippen LogP contribution < -0.4 is 0 Å². The van der Waals surface area contributed by atoms with Crippen LogP contribution in [0.3, 0.4) is 0 Å². The van der Waals surface area contributed by atoms with E-state index in [1.165, 1.54) is 11.1 Å². The van der Waals surface area contributed by atoms with Crippen LogP contribution in [0.25, 0.3) is 10.9 Å². The average Bonchev–Trinajstić information content (AvgIpc) is 2.57. The molecule has 0 aliphatic heterocycles. The summed E-state index contributed by atoms with van der Waals surface area (Å²) < 4.78 is 0. The number of rotatable bonds is 1. The summed E-state index contributed by atoms with van der Waals surface area (Å²) in [5, 5.41) is 0.969. The number of fused-ring (bicyclic) bond motifs is 1. The van der Waals surface area contributed by atoms with Gasteiger partial charge in [0, 0.05) is 11.6 Å². The van der Waals surface area contributed by atoms with Crippen LogP contribution in [0.1, 0.15) is 11.1 Å². The molecular weight excluding hydrogens is 176 g/mol. The molecule has 1 heterocycles. The number of nitrogens with zero attached hydrogens (tertiary/aromatic N) is 1. The number of isocyanates is 1. The summed E-state index contributed by atoms with van der Waals surface area (Å²) in [4.78, 5) is 16.9. The SMILES string of the molecule is Cc1ccc2c(N=C=O)c[nH]c2c1C. The Balaban J connectivity index is 2.83. The summed E-state index contributed by atoms with van der Waals surface area (Å²) in [6.07, 6.45) is 3.28. The van der Waals surface area contributed by atoms with E-state index < -0.39 is 0 Å². The van der Waals surface area contributed by atoms with Gasteiger partial charge in [-0.2, -0.15) is 4.99 Å². The van der Waals surface area contributed by atoms with Crippen LogP contribution in [-0.4, -0.2) is 11.1 Å². The van der Waals surface area contributed by atoms with E-state index in [0.717, 1.165) is 10.9 Å². The van der Waals surface area contributed by atoms with Gasteiger partial charge >= 0.3 is 0 Å². The van der Waals surface area contributed by atoms with Crippen LogP contribution in [0.4, 0.5) is 5.69 Å². The second-order valence-electron chi connectivity index (χ2n) is 3.31. The summed E-state index contributed by atoms with van der Waals surface area (Å²) >= 11 is 0. The normalized spacial score (nSPS) is 10.1. The van der Waals surface area contributed by atoms with Gasteiger partial charge in [0.2, 0.25) is 6.08 Å². The number of benzene rings is 1. The van der Waals surface area contributed by atoms with Gasteiger partial charge in [0.15, 0.2) is 0 Å². The third-order valence-corrected chi connectivity index (χ3v) is 2.53. The predicted molar refractivity (Wildman–Crippen MR) is 55.6 cm³/mol. The van der Waals surface area contributed by atoms with E-state index >= 15 is 0 Å². The highest BCUT2D eigenvalue weighted by Gasteiger charge is 2.05. The lowest BCUT2D eigenvalue weighted by Crippen LogP contribution is -1.81. The number of aromatic amines is 1. The van der Waals surface area contributed by atoms with Gasteiger partial charge in [0.1, 0.15) is 5.69 Å². The molecule has 14 heavy (non-hydrogen) atoms. The molecule has 0 bridgehead atoms. The molecule has 3 heteroatoms. The Kier molecular flexibility index (Phi) is 1.95. The summed E-state index contributed by atoms with van der Waals surface area (Å²) in [6.45, 7) is 4.10. The molecule has 0 amide bonds. The number of aliphatic imine (C=N–C) groups is 1. The molecule has 1 aromatic carbocycles. The van der Waals surface area contributed by atoms with Crippen LogP contribution in [0.2, 0.25) is 0 Å². The van der Waals surface area contributed by atoms with E-state index in [0.29, 0.717) is 5.69 Å². The molecule has 70 valence electrons. The van der Waals surface area contributed by atoms with E-state index in [1.54, 1.807) is 12.3 Å². The van der Waals surface area contributed by atoms with E-state index in [9.17, 15) is 4.79 Å². The highest BCUT2D eigenvalue weighted by molar-refractivity contribution is 5.94. The predicted octanol–water partition coefficient (Wildman–Crippen LogP) is 2.75. The molecule has 1 aromatic heterocycles. The molecule has 0 fully saturated rings. The van der Waals surface area contributed by atoms with Crippen molar-refractivity contribution in [1.29, 1.82) is 0 Å². The first-order valence-electron chi connectivity index (χ1n) is 4.39. The third kappa shape index (κ3) is 1.15. The van der Waals surface area contributed by atoms with Crippen LogP contribution in [-0.2, 0) is 4.79 Å². The van der Waals surface area contributed by atoms with E-state index in [4.69, 9.17) is 0 Å². The van der Waals surface area contributed by atoms with Crippen LogP contribution in [0, 0.1) is 13.8 Å². The zero-order chi connectivity index (χ0) is 10.1. The number of hydrogen-bond donors (Lipinski definition) is 1. The second kappa shape index (κ2) is 3.13. The minimum absolute atomic E-state index is 0.651. The van der Waals surface area contributed by atoms with E-state index in [2.05, 4.69) is 16.9 Å². The molecule has 2 rings (SSSR count). The van der Waals surface area contributed by atoms with Gasteiger partial charge in [-0.05, 0) is 25.0 Å². The van der Waals surface area contributed by atoms with Crippen molar-refractivity contribution >= 4 is 22.7 Å². The molecule has 0 spiro atoms. The molecule has 2 aromatic rings. The standard InChI is InChI=1S/C11H10N2O/c1-7-3-4-9-10(13-6-14)5-12-11(9)8(7)2/h3-5,12H,1-2H3. The van der Waals surface area contributed by atoms with Crippen molar-refractivity contribution < 1.29 is 4.79 Å². The van der Waals surface area contributed by atoms with Crippen LogP contribution in [0.15, 0.2) is 23.3 Å². The Bertz CT molecular complexity index is 533. The molecule has 0 unspecified atom stereocenters. The van der Waals surface area contributed by atoms with Crippen LogP contribution in [0.5, 0.6) is 0 Å². The van der Waals surface area contributed by atoms with Crippen molar-refractivity contribution in [3.05, 3.63) is 29.5 Å². The Morgan fingerprint density at radius 2 is 2.14 bits per heavy atom. The lowest BCUT2D eigenvalue weighted by molar-refractivity contribution is 0.565. The quantitative estimate of drug-likeness (QED) is 0.540. The van der Waals surface area contributed by atoms with Gasteiger partial charge in [0.25, 0.3) is 0 Å². The van der Waals surface area contributed by atoms with Gasteiger partial charge in [-0.1, -0.05) is 12.1 Å². The van der Waals surface area contributed by atoms with Crippen molar-refractivity contribution in [2.24, 2.45) is 4.99 Å². The van der Waals surface area contributed by atoms with E-state index in [1.807, 2.05) is 19.1 Å². The van der Waals surface area contributed by atoms with Gasteiger partial charge in [-0.25, -0.2) is 4.79 Å². The molecule has 3 nitrogen and oxygen atoms in total. The molecule has 0 radical (unpaired) electrons. The third-order valence-electron chi connectivity index (χ3n) is 2.53. The van der Waals surface area contributed by atoms with Crippen LogP contribution >= 0.6 is 0 Å². The zero-order valence-electron chi connectivity index (χ0n) is 8.09. The summed E-state index contributed by atoms with van der Waals surface area (Å²) in [6, 6.07) is 3.99. The molecular formula is C11H10N2O. The maximum Gasteiger partial charge on any atom is 0.240 e. The highest BCUT2D eigenvalue weighted by Crippen LogP contribution is 2.28. The number of H-pyrrole nitrogens is 1. The minimum Gasteiger partial charge on any atom is -0.359 e. The molecule has 0 saturated carbocycles. The Hall–Kier alpha value is -1.86. The highest BCUT2D eigenvalue weighted by atomic mass is 16.1. The molecule has 0 aliphatic carbocycles. The first-order valence-corrected chi connectivity index (χ1v) is 4.39. The topological polar surface area (TPSA) is 45.2 Å². The van der Waals surface area contributed by atoms with Gasteiger partial charge in [0.05, 0.1) is 5.52 Å². The molecule has 0 atom stereocenters. The number of hydrogen-bond acceptors (Lipinski definition) is 2. The molecule has 1 N–H and O–H groups in total. The second-order valence-corrected chi connectivity index (χ2v) is 3.31. The first-order chi connectivity index (χ1) is 6.74. The molecule has 0 saturated heterocycles. The van der Waals surface area contributed by atoms with Crippen molar-refractivity contribution in [2.45, 2.75) is 13.8 Å². The smallest absolute Gasteiger partial charge is 0.240 e.